The maximum absolute atomic E-state index is 12.0. The van der Waals surface area contributed by atoms with Crippen LogP contribution in [0.3, 0.4) is 0 Å². The van der Waals surface area contributed by atoms with E-state index in [-0.39, 0.29) is 23.9 Å². The maximum atomic E-state index is 12.0. The van der Waals surface area contributed by atoms with E-state index in [1.54, 1.807) is 12.3 Å². The van der Waals surface area contributed by atoms with Gasteiger partial charge in [0.05, 0.1) is 24.9 Å². The van der Waals surface area contributed by atoms with Crippen molar-refractivity contribution in [3.05, 3.63) is 34.2 Å². The average molecular weight is 314 g/mol. The lowest BCUT2D eigenvalue weighted by atomic mass is 10.1. The van der Waals surface area contributed by atoms with Crippen molar-refractivity contribution < 1.29 is 14.2 Å². The van der Waals surface area contributed by atoms with Gasteiger partial charge in [0.2, 0.25) is 12.9 Å². The van der Waals surface area contributed by atoms with Gasteiger partial charge < -0.3 is 19.9 Å². The van der Waals surface area contributed by atoms with E-state index in [2.05, 4.69) is 10.3 Å². The lowest BCUT2D eigenvalue weighted by molar-refractivity contribution is 0.0156. The highest BCUT2D eigenvalue weighted by molar-refractivity contribution is 7.58. The van der Waals surface area contributed by atoms with E-state index < -0.39 is 7.37 Å². The molecule has 7 heteroatoms. The molecule has 0 amide bonds. The molecule has 1 unspecified atom stereocenters. The Balaban J connectivity index is 1.84. The molecule has 3 N–H and O–H groups in total. The number of H-pyrrole nitrogens is 1. The minimum Gasteiger partial charge on any atom is -0.374 e. The number of pyridine rings is 1. The molecule has 1 aliphatic rings. The zero-order valence-electron chi connectivity index (χ0n) is 12.2. The SMILES string of the molecule is CCCCP(=O)(O)C[C@H]1CN[C@@H](c2ccc(=O)[nH]c2)CO1. The van der Waals surface area contributed by atoms with Crippen LogP contribution in [0.15, 0.2) is 23.1 Å². The molecule has 0 aromatic carbocycles. The Hall–Kier alpha value is -0.940. The van der Waals surface area contributed by atoms with Gasteiger partial charge in [-0.15, -0.1) is 0 Å². The van der Waals surface area contributed by atoms with Crippen LogP contribution in [0, 0.1) is 0 Å². The van der Waals surface area contributed by atoms with Crippen molar-refractivity contribution in [3.8, 4) is 0 Å². The zero-order chi connectivity index (χ0) is 15.3. The number of ether oxygens (including phenoxy) is 1. The standard InChI is InChI=1S/C14H23N2O4P/c1-2-3-6-21(18,19)10-12-8-15-13(9-20-12)11-4-5-14(17)16-7-11/h4-5,7,12-13,15H,2-3,6,8-10H2,1H3,(H,16,17)(H,18,19)/t12-,13-/m1/s1. The molecular weight excluding hydrogens is 291 g/mol. The van der Waals surface area contributed by atoms with Crippen LogP contribution in [0.2, 0.25) is 0 Å². The van der Waals surface area contributed by atoms with Gasteiger partial charge in [-0.25, -0.2) is 0 Å². The second-order valence-corrected chi connectivity index (χ2v) is 8.01. The Morgan fingerprint density at radius 3 is 2.86 bits per heavy atom. The molecule has 1 saturated heterocycles. The molecule has 1 aromatic heterocycles. The number of hydrogen-bond donors (Lipinski definition) is 3. The van der Waals surface area contributed by atoms with E-state index in [1.807, 2.05) is 6.92 Å². The third-order valence-corrected chi connectivity index (χ3v) is 5.64. The molecule has 118 valence electrons. The van der Waals surface area contributed by atoms with Crippen molar-refractivity contribution >= 4 is 7.37 Å². The van der Waals surface area contributed by atoms with Crippen LogP contribution in [0.4, 0.5) is 0 Å². The fraction of sp³-hybridized carbons (Fsp3) is 0.643. The summed E-state index contributed by atoms with van der Waals surface area (Å²) in [6, 6.07) is 3.25. The van der Waals surface area contributed by atoms with Gasteiger partial charge in [0.25, 0.3) is 0 Å². The molecule has 0 saturated carbocycles. The van der Waals surface area contributed by atoms with E-state index >= 15 is 0 Å². The summed E-state index contributed by atoms with van der Waals surface area (Å²) in [7, 11) is -3.09. The number of morpholine rings is 1. The van der Waals surface area contributed by atoms with Gasteiger partial charge in [-0.05, 0) is 12.0 Å². The van der Waals surface area contributed by atoms with Gasteiger partial charge in [0, 0.05) is 25.0 Å². The van der Waals surface area contributed by atoms with Gasteiger partial charge in [-0.2, -0.15) is 0 Å². The molecule has 0 radical (unpaired) electrons. The second kappa shape index (κ2) is 7.36. The monoisotopic (exact) mass is 314 g/mol. The molecule has 1 aromatic rings. The van der Waals surface area contributed by atoms with Crippen LogP contribution in [-0.2, 0) is 9.30 Å². The summed E-state index contributed by atoms with van der Waals surface area (Å²) in [5.74, 6) is 0. The van der Waals surface area contributed by atoms with Crippen LogP contribution in [0.1, 0.15) is 31.4 Å². The van der Waals surface area contributed by atoms with E-state index in [4.69, 9.17) is 4.74 Å². The molecule has 6 nitrogen and oxygen atoms in total. The predicted molar refractivity (Wildman–Crippen MR) is 82.0 cm³/mol. The average Bonchev–Trinajstić information content (AvgIpc) is 2.47. The molecule has 1 aliphatic heterocycles. The molecular formula is C14H23N2O4P. The fourth-order valence-electron chi connectivity index (χ4n) is 2.41. The molecule has 0 spiro atoms. The molecule has 2 rings (SSSR count). The Kier molecular flexibility index (Phi) is 5.76. The topological polar surface area (TPSA) is 91.4 Å². The first-order chi connectivity index (χ1) is 10.00. The van der Waals surface area contributed by atoms with Crippen LogP contribution < -0.4 is 10.9 Å². The van der Waals surface area contributed by atoms with Crippen LogP contribution in [0.25, 0.3) is 0 Å². The number of aromatic nitrogens is 1. The Labute approximate surface area is 124 Å². The van der Waals surface area contributed by atoms with Crippen molar-refractivity contribution in [2.45, 2.75) is 31.9 Å². The minimum absolute atomic E-state index is 0.00631. The third-order valence-electron chi connectivity index (χ3n) is 3.65. The van der Waals surface area contributed by atoms with Crippen LogP contribution in [-0.4, -0.2) is 41.5 Å². The first kappa shape index (κ1) is 16.4. The fourth-order valence-corrected chi connectivity index (χ4v) is 4.27. The Morgan fingerprint density at radius 2 is 2.29 bits per heavy atom. The molecule has 21 heavy (non-hydrogen) atoms. The summed E-state index contributed by atoms with van der Waals surface area (Å²) < 4.78 is 17.7. The first-order valence-electron chi connectivity index (χ1n) is 7.34. The molecule has 1 fully saturated rings. The van der Waals surface area contributed by atoms with Crippen LogP contribution in [0.5, 0.6) is 0 Å². The van der Waals surface area contributed by atoms with Gasteiger partial charge in [-0.1, -0.05) is 19.4 Å². The number of rotatable bonds is 6. The zero-order valence-corrected chi connectivity index (χ0v) is 13.1. The van der Waals surface area contributed by atoms with E-state index in [0.717, 1.165) is 18.4 Å². The molecule has 3 atom stereocenters. The van der Waals surface area contributed by atoms with Crippen molar-refractivity contribution in [1.29, 1.82) is 0 Å². The quantitative estimate of drug-likeness (QED) is 0.692. The molecule has 0 bridgehead atoms. The number of hydrogen-bond acceptors (Lipinski definition) is 4. The smallest absolute Gasteiger partial charge is 0.247 e. The Bertz CT molecular complexity index is 532. The summed E-state index contributed by atoms with van der Waals surface area (Å²) in [5, 5.41) is 3.30. The van der Waals surface area contributed by atoms with Crippen molar-refractivity contribution in [2.24, 2.45) is 0 Å². The predicted octanol–water partition coefficient (Wildman–Crippen LogP) is 1.47. The lowest BCUT2D eigenvalue weighted by Gasteiger charge is -2.31. The highest BCUT2D eigenvalue weighted by Crippen LogP contribution is 2.42. The van der Waals surface area contributed by atoms with Gasteiger partial charge in [-0.3, -0.25) is 9.36 Å². The molecule has 0 aliphatic carbocycles. The van der Waals surface area contributed by atoms with Crippen LogP contribution >= 0.6 is 7.37 Å². The second-order valence-electron chi connectivity index (χ2n) is 5.51. The first-order valence-corrected chi connectivity index (χ1v) is 9.37. The van der Waals surface area contributed by atoms with E-state index in [9.17, 15) is 14.3 Å². The van der Waals surface area contributed by atoms with Gasteiger partial charge in [0.1, 0.15) is 0 Å². The number of nitrogens with one attached hydrogen (secondary N) is 2. The summed E-state index contributed by atoms with van der Waals surface area (Å²) in [6.07, 6.45) is 3.71. The highest BCUT2D eigenvalue weighted by Gasteiger charge is 2.28. The largest absolute Gasteiger partial charge is 0.374 e. The normalized spacial score (nSPS) is 25.4. The molecule has 2 heterocycles. The summed E-state index contributed by atoms with van der Waals surface area (Å²) in [5.41, 5.74) is 0.816. The minimum atomic E-state index is -3.09. The third kappa shape index (κ3) is 5.08. The Morgan fingerprint density at radius 1 is 1.48 bits per heavy atom. The van der Waals surface area contributed by atoms with Crippen molar-refractivity contribution in [2.75, 3.05) is 25.5 Å². The maximum Gasteiger partial charge on any atom is 0.247 e. The van der Waals surface area contributed by atoms with Crippen molar-refractivity contribution in [1.82, 2.24) is 10.3 Å². The number of unbranched alkanes of at least 4 members (excludes halogenated alkanes) is 1. The van der Waals surface area contributed by atoms with E-state index in [0.29, 0.717) is 19.3 Å². The van der Waals surface area contributed by atoms with E-state index in [1.165, 1.54) is 6.07 Å². The summed E-state index contributed by atoms with van der Waals surface area (Å²) in [4.78, 5) is 23.6. The summed E-state index contributed by atoms with van der Waals surface area (Å²) in [6.45, 7) is 2.98. The van der Waals surface area contributed by atoms with Gasteiger partial charge >= 0.3 is 0 Å². The van der Waals surface area contributed by atoms with Gasteiger partial charge in [0.15, 0.2) is 0 Å². The summed E-state index contributed by atoms with van der Waals surface area (Å²) >= 11 is 0. The number of aromatic amines is 1. The van der Waals surface area contributed by atoms with Crippen molar-refractivity contribution in [3.63, 3.8) is 0 Å². The highest BCUT2D eigenvalue weighted by atomic mass is 31.2. The lowest BCUT2D eigenvalue weighted by Crippen LogP contribution is -2.43.